The third-order valence-electron chi connectivity index (χ3n) is 1.61. The standard InChI is InChI=1S/C7H9NO3/c1-11-7(6(9)10)3-2-4-8-5-7/h2-4H,5H2,1H3,(H,9,10). The van der Waals surface area contributed by atoms with Crippen LogP contribution in [0.1, 0.15) is 0 Å². The molecule has 1 aliphatic heterocycles. The number of hydrogen-bond acceptors (Lipinski definition) is 3. The first-order valence-electron chi connectivity index (χ1n) is 3.17. The van der Waals surface area contributed by atoms with Crippen molar-refractivity contribution in [3.8, 4) is 0 Å². The van der Waals surface area contributed by atoms with Crippen LogP contribution in [0, 0.1) is 0 Å². The second-order valence-electron chi connectivity index (χ2n) is 2.25. The lowest BCUT2D eigenvalue weighted by atomic mass is 10.0. The monoisotopic (exact) mass is 155 g/mol. The summed E-state index contributed by atoms with van der Waals surface area (Å²) in [5.41, 5.74) is -1.24. The van der Waals surface area contributed by atoms with Crippen LogP contribution in [0.2, 0.25) is 0 Å². The molecule has 0 aromatic carbocycles. The summed E-state index contributed by atoms with van der Waals surface area (Å²) in [6, 6.07) is 0. The summed E-state index contributed by atoms with van der Waals surface area (Å²) in [4.78, 5) is 14.5. The third kappa shape index (κ3) is 1.30. The van der Waals surface area contributed by atoms with Gasteiger partial charge in [0.05, 0.1) is 6.54 Å². The molecule has 0 radical (unpaired) electrons. The Labute approximate surface area is 64.2 Å². The molecule has 0 fully saturated rings. The fraction of sp³-hybridized carbons (Fsp3) is 0.429. The SMILES string of the molecule is COC1(C(=O)O)C=CC=NC1. The number of nitrogens with zero attached hydrogens (tertiary/aromatic N) is 1. The van der Waals surface area contributed by atoms with Crippen molar-refractivity contribution < 1.29 is 14.6 Å². The summed E-state index contributed by atoms with van der Waals surface area (Å²) in [6.45, 7) is 0.148. The van der Waals surface area contributed by atoms with Crippen molar-refractivity contribution in [3.63, 3.8) is 0 Å². The van der Waals surface area contributed by atoms with E-state index in [1.807, 2.05) is 0 Å². The fourth-order valence-electron chi connectivity index (χ4n) is 0.859. The number of rotatable bonds is 2. The average molecular weight is 155 g/mol. The Morgan fingerprint density at radius 1 is 1.82 bits per heavy atom. The Balaban J connectivity index is 2.85. The van der Waals surface area contributed by atoms with Crippen LogP contribution in [-0.4, -0.2) is 36.5 Å². The highest BCUT2D eigenvalue weighted by atomic mass is 16.5. The zero-order valence-electron chi connectivity index (χ0n) is 6.15. The number of carbonyl (C=O) groups is 1. The molecule has 1 rings (SSSR count). The van der Waals surface area contributed by atoms with Gasteiger partial charge in [-0.25, -0.2) is 4.79 Å². The number of dihydropyridines is 1. The molecule has 0 aromatic heterocycles. The maximum Gasteiger partial charge on any atom is 0.342 e. The van der Waals surface area contributed by atoms with E-state index >= 15 is 0 Å². The van der Waals surface area contributed by atoms with Crippen molar-refractivity contribution in [3.05, 3.63) is 12.2 Å². The number of carboxylic acids is 1. The summed E-state index contributed by atoms with van der Waals surface area (Å²) in [5, 5.41) is 8.74. The van der Waals surface area contributed by atoms with Gasteiger partial charge < -0.3 is 9.84 Å². The van der Waals surface area contributed by atoms with Gasteiger partial charge in [-0.3, -0.25) is 4.99 Å². The van der Waals surface area contributed by atoms with Crippen LogP contribution in [0.15, 0.2) is 17.1 Å². The minimum Gasteiger partial charge on any atom is -0.479 e. The van der Waals surface area contributed by atoms with Gasteiger partial charge in [0.15, 0.2) is 0 Å². The number of aliphatic imine (C=N–C) groups is 1. The second kappa shape index (κ2) is 2.84. The van der Waals surface area contributed by atoms with Crippen LogP contribution < -0.4 is 0 Å². The molecule has 1 unspecified atom stereocenters. The summed E-state index contributed by atoms with van der Waals surface area (Å²) < 4.78 is 4.84. The molecule has 0 bridgehead atoms. The van der Waals surface area contributed by atoms with Gasteiger partial charge >= 0.3 is 5.97 Å². The molecular formula is C7H9NO3. The zero-order valence-corrected chi connectivity index (χ0v) is 6.15. The Morgan fingerprint density at radius 2 is 2.55 bits per heavy atom. The molecule has 4 heteroatoms. The van der Waals surface area contributed by atoms with Crippen LogP contribution in [0.25, 0.3) is 0 Å². The van der Waals surface area contributed by atoms with Crippen LogP contribution in [0.3, 0.4) is 0 Å². The fourth-order valence-corrected chi connectivity index (χ4v) is 0.859. The lowest BCUT2D eigenvalue weighted by Gasteiger charge is -2.23. The van der Waals surface area contributed by atoms with Gasteiger partial charge in [0.1, 0.15) is 0 Å². The van der Waals surface area contributed by atoms with Gasteiger partial charge in [-0.1, -0.05) is 0 Å². The van der Waals surface area contributed by atoms with Crippen LogP contribution in [0.5, 0.6) is 0 Å². The van der Waals surface area contributed by atoms with E-state index in [-0.39, 0.29) is 6.54 Å². The number of hydrogen-bond donors (Lipinski definition) is 1. The van der Waals surface area contributed by atoms with E-state index in [0.717, 1.165) is 0 Å². The Hall–Kier alpha value is -1.16. The maximum atomic E-state index is 10.7. The Bertz CT molecular complexity index is 222. The number of methoxy groups -OCH3 is 1. The summed E-state index contributed by atoms with van der Waals surface area (Å²) >= 11 is 0. The molecule has 1 heterocycles. The van der Waals surface area contributed by atoms with E-state index in [9.17, 15) is 4.79 Å². The predicted molar refractivity (Wildman–Crippen MR) is 39.9 cm³/mol. The molecule has 0 saturated heterocycles. The average Bonchev–Trinajstić information content (AvgIpc) is 2.05. The summed E-state index contributed by atoms with van der Waals surface area (Å²) in [6.07, 6.45) is 4.61. The van der Waals surface area contributed by atoms with Gasteiger partial charge in [-0.05, 0) is 12.2 Å². The minimum atomic E-state index is -1.24. The molecule has 0 aromatic rings. The van der Waals surface area contributed by atoms with Gasteiger partial charge in [-0.2, -0.15) is 0 Å². The lowest BCUT2D eigenvalue weighted by molar-refractivity contribution is -0.155. The first-order chi connectivity index (χ1) is 5.21. The largest absolute Gasteiger partial charge is 0.479 e. The van der Waals surface area contributed by atoms with Gasteiger partial charge in [0.2, 0.25) is 5.60 Å². The molecule has 1 N–H and O–H groups in total. The van der Waals surface area contributed by atoms with Crippen molar-refractivity contribution in [2.75, 3.05) is 13.7 Å². The van der Waals surface area contributed by atoms with Crippen molar-refractivity contribution >= 4 is 12.2 Å². The van der Waals surface area contributed by atoms with E-state index in [2.05, 4.69) is 4.99 Å². The van der Waals surface area contributed by atoms with Crippen molar-refractivity contribution in [1.82, 2.24) is 0 Å². The van der Waals surface area contributed by atoms with E-state index in [1.165, 1.54) is 13.2 Å². The summed E-state index contributed by atoms with van der Waals surface area (Å²) in [5.74, 6) is -1.01. The molecule has 0 saturated carbocycles. The number of ether oxygens (including phenoxy) is 1. The quantitative estimate of drug-likeness (QED) is 0.615. The van der Waals surface area contributed by atoms with Crippen molar-refractivity contribution in [1.29, 1.82) is 0 Å². The highest BCUT2D eigenvalue weighted by Crippen LogP contribution is 2.15. The van der Waals surface area contributed by atoms with Crippen LogP contribution >= 0.6 is 0 Å². The molecule has 4 nitrogen and oxygen atoms in total. The molecular weight excluding hydrogens is 146 g/mol. The van der Waals surface area contributed by atoms with Crippen LogP contribution in [0.4, 0.5) is 0 Å². The Kier molecular flexibility index (Phi) is 2.05. The predicted octanol–water partition coefficient (Wildman–Crippen LogP) is 0.0968. The maximum absolute atomic E-state index is 10.7. The molecule has 1 aliphatic rings. The molecule has 11 heavy (non-hydrogen) atoms. The molecule has 0 aliphatic carbocycles. The third-order valence-corrected chi connectivity index (χ3v) is 1.61. The molecule has 60 valence electrons. The normalized spacial score (nSPS) is 28.8. The molecule has 0 amide bonds. The first kappa shape index (κ1) is 7.94. The number of carboxylic acid groups (broad SMARTS) is 1. The highest BCUT2D eigenvalue weighted by Gasteiger charge is 2.36. The lowest BCUT2D eigenvalue weighted by Crippen LogP contribution is -2.42. The van der Waals surface area contributed by atoms with E-state index < -0.39 is 11.6 Å². The van der Waals surface area contributed by atoms with Crippen molar-refractivity contribution in [2.45, 2.75) is 5.60 Å². The van der Waals surface area contributed by atoms with E-state index in [4.69, 9.17) is 9.84 Å². The van der Waals surface area contributed by atoms with Crippen LogP contribution in [-0.2, 0) is 9.53 Å². The van der Waals surface area contributed by atoms with E-state index in [1.54, 1.807) is 12.3 Å². The Morgan fingerprint density at radius 3 is 2.82 bits per heavy atom. The second-order valence-corrected chi connectivity index (χ2v) is 2.25. The topological polar surface area (TPSA) is 58.9 Å². The number of aliphatic carboxylic acids is 1. The zero-order chi connectivity index (χ0) is 8.32. The first-order valence-corrected chi connectivity index (χ1v) is 3.17. The van der Waals surface area contributed by atoms with E-state index in [0.29, 0.717) is 0 Å². The molecule has 0 spiro atoms. The smallest absolute Gasteiger partial charge is 0.342 e. The van der Waals surface area contributed by atoms with Crippen molar-refractivity contribution in [2.24, 2.45) is 4.99 Å². The van der Waals surface area contributed by atoms with Gasteiger partial charge in [0, 0.05) is 13.3 Å². The van der Waals surface area contributed by atoms with Gasteiger partial charge in [0.25, 0.3) is 0 Å². The summed E-state index contributed by atoms with van der Waals surface area (Å²) in [7, 11) is 1.36. The van der Waals surface area contributed by atoms with Gasteiger partial charge in [-0.15, -0.1) is 0 Å². The minimum absolute atomic E-state index is 0.148. The number of allylic oxidation sites excluding steroid dienone is 1. The highest BCUT2D eigenvalue weighted by molar-refractivity contribution is 5.85. The molecule has 1 atom stereocenters.